The molecule has 2 rings (SSSR count). The molecule has 0 fully saturated rings. The molecule has 16 heavy (non-hydrogen) atoms. The van der Waals surface area contributed by atoms with Gasteiger partial charge in [-0.25, -0.2) is 0 Å². The predicted molar refractivity (Wildman–Crippen MR) is 67.1 cm³/mol. The Morgan fingerprint density at radius 1 is 1.31 bits per heavy atom. The molecule has 0 saturated heterocycles. The molecule has 0 bridgehead atoms. The summed E-state index contributed by atoms with van der Waals surface area (Å²) in [6.45, 7) is 2.41. The van der Waals surface area contributed by atoms with Gasteiger partial charge in [-0.15, -0.1) is 11.3 Å². The van der Waals surface area contributed by atoms with Crippen LogP contribution in [0.1, 0.15) is 5.56 Å². The van der Waals surface area contributed by atoms with E-state index in [-0.39, 0.29) is 6.61 Å². The zero-order valence-corrected chi connectivity index (χ0v) is 9.96. The summed E-state index contributed by atoms with van der Waals surface area (Å²) in [5.41, 5.74) is 2.31. The summed E-state index contributed by atoms with van der Waals surface area (Å²) < 4.78 is 5.41. The maximum Gasteiger partial charge on any atom is 0.122 e. The number of aliphatic hydroxyl groups is 1. The van der Waals surface area contributed by atoms with Crippen molar-refractivity contribution in [3.8, 4) is 16.2 Å². The van der Waals surface area contributed by atoms with Gasteiger partial charge in [-0.3, -0.25) is 0 Å². The van der Waals surface area contributed by atoms with E-state index in [9.17, 15) is 0 Å². The van der Waals surface area contributed by atoms with E-state index in [0.717, 1.165) is 11.3 Å². The Bertz CT molecular complexity index is 449. The van der Waals surface area contributed by atoms with Gasteiger partial charge in [-0.2, -0.15) is 0 Å². The van der Waals surface area contributed by atoms with Gasteiger partial charge >= 0.3 is 0 Å². The van der Waals surface area contributed by atoms with Crippen molar-refractivity contribution in [2.24, 2.45) is 0 Å². The Hall–Kier alpha value is -1.32. The summed E-state index contributed by atoms with van der Waals surface area (Å²) >= 11 is 1.73. The Balaban J connectivity index is 2.23. The van der Waals surface area contributed by atoms with Crippen molar-refractivity contribution in [3.63, 3.8) is 0 Å². The SMILES string of the molecule is Cc1cc(-c2cccs2)ccc1OCCO. The van der Waals surface area contributed by atoms with E-state index in [1.165, 1.54) is 10.4 Å². The molecule has 0 unspecified atom stereocenters. The average Bonchev–Trinajstić information content (AvgIpc) is 2.81. The minimum atomic E-state index is 0.0477. The van der Waals surface area contributed by atoms with Gasteiger partial charge in [-0.1, -0.05) is 6.07 Å². The van der Waals surface area contributed by atoms with Crippen molar-refractivity contribution < 1.29 is 9.84 Å². The Kier molecular flexibility index (Phi) is 3.59. The van der Waals surface area contributed by atoms with Crippen LogP contribution < -0.4 is 4.74 Å². The van der Waals surface area contributed by atoms with E-state index in [1.807, 2.05) is 25.1 Å². The first-order chi connectivity index (χ1) is 7.81. The Morgan fingerprint density at radius 2 is 2.19 bits per heavy atom. The van der Waals surface area contributed by atoms with Gasteiger partial charge in [0.05, 0.1) is 6.61 Å². The zero-order chi connectivity index (χ0) is 11.4. The second kappa shape index (κ2) is 5.14. The Labute approximate surface area is 99.1 Å². The van der Waals surface area contributed by atoms with E-state index in [0.29, 0.717) is 6.61 Å². The van der Waals surface area contributed by atoms with Crippen LogP contribution in [-0.2, 0) is 0 Å². The quantitative estimate of drug-likeness (QED) is 0.880. The van der Waals surface area contributed by atoms with E-state index in [2.05, 4.69) is 17.5 Å². The maximum absolute atomic E-state index is 8.70. The second-order valence-corrected chi connectivity index (χ2v) is 4.48. The third-order valence-electron chi connectivity index (χ3n) is 2.33. The molecule has 0 atom stereocenters. The highest BCUT2D eigenvalue weighted by Gasteiger charge is 2.03. The fraction of sp³-hybridized carbons (Fsp3) is 0.231. The van der Waals surface area contributed by atoms with Gasteiger partial charge < -0.3 is 9.84 Å². The molecule has 0 spiro atoms. The molecule has 2 aromatic rings. The lowest BCUT2D eigenvalue weighted by Crippen LogP contribution is -2.02. The fourth-order valence-corrected chi connectivity index (χ4v) is 2.29. The standard InChI is InChI=1S/C13H14O2S/c1-10-9-11(13-3-2-8-16-13)4-5-12(10)15-7-6-14/h2-5,8-9,14H,6-7H2,1H3. The zero-order valence-electron chi connectivity index (χ0n) is 9.14. The van der Waals surface area contributed by atoms with Crippen molar-refractivity contribution in [2.45, 2.75) is 6.92 Å². The third kappa shape index (κ3) is 2.43. The van der Waals surface area contributed by atoms with Crippen LogP contribution in [0.15, 0.2) is 35.7 Å². The van der Waals surface area contributed by atoms with Crippen molar-refractivity contribution in [2.75, 3.05) is 13.2 Å². The van der Waals surface area contributed by atoms with Gasteiger partial charge in [0.2, 0.25) is 0 Å². The molecule has 2 nitrogen and oxygen atoms in total. The summed E-state index contributed by atoms with van der Waals surface area (Å²) in [5.74, 6) is 0.842. The molecule has 1 aromatic heterocycles. The lowest BCUT2D eigenvalue weighted by molar-refractivity contribution is 0.200. The van der Waals surface area contributed by atoms with Crippen LogP contribution in [0.25, 0.3) is 10.4 Å². The first-order valence-electron chi connectivity index (χ1n) is 5.19. The molecule has 1 heterocycles. The molecule has 0 aliphatic rings. The number of hydrogen-bond donors (Lipinski definition) is 1. The molecule has 3 heteroatoms. The highest BCUT2D eigenvalue weighted by Crippen LogP contribution is 2.29. The van der Waals surface area contributed by atoms with Crippen LogP contribution >= 0.6 is 11.3 Å². The van der Waals surface area contributed by atoms with Crippen LogP contribution in [0.3, 0.4) is 0 Å². The van der Waals surface area contributed by atoms with Gasteiger partial charge in [0, 0.05) is 4.88 Å². The minimum Gasteiger partial charge on any atom is -0.491 e. The van der Waals surface area contributed by atoms with Crippen LogP contribution in [0.5, 0.6) is 5.75 Å². The van der Waals surface area contributed by atoms with Crippen molar-refractivity contribution in [1.29, 1.82) is 0 Å². The largest absolute Gasteiger partial charge is 0.491 e. The van der Waals surface area contributed by atoms with E-state index in [1.54, 1.807) is 11.3 Å². The van der Waals surface area contributed by atoms with Crippen molar-refractivity contribution in [1.82, 2.24) is 0 Å². The number of aryl methyl sites for hydroxylation is 1. The van der Waals surface area contributed by atoms with Crippen LogP contribution in [0.2, 0.25) is 0 Å². The van der Waals surface area contributed by atoms with Gasteiger partial charge in [0.1, 0.15) is 12.4 Å². The van der Waals surface area contributed by atoms with Crippen LogP contribution in [-0.4, -0.2) is 18.3 Å². The first-order valence-corrected chi connectivity index (χ1v) is 6.07. The van der Waals surface area contributed by atoms with Gasteiger partial charge in [0.15, 0.2) is 0 Å². The van der Waals surface area contributed by atoms with Crippen LogP contribution in [0.4, 0.5) is 0 Å². The lowest BCUT2D eigenvalue weighted by atomic mass is 10.1. The monoisotopic (exact) mass is 234 g/mol. The van der Waals surface area contributed by atoms with E-state index >= 15 is 0 Å². The summed E-state index contributed by atoms with van der Waals surface area (Å²) in [5, 5.41) is 10.8. The van der Waals surface area contributed by atoms with Crippen LogP contribution in [0, 0.1) is 6.92 Å². The number of rotatable bonds is 4. The first kappa shape index (κ1) is 11.2. The highest BCUT2D eigenvalue weighted by atomic mass is 32.1. The van der Waals surface area contributed by atoms with Crippen molar-refractivity contribution >= 4 is 11.3 Å². The minimum absolute atomic E-state index is 0.0477. The molecule has 0 saturated carbocycles. The summed E-state index contributed by atoms with van der Waals surface area (Å²) in [6, 6.07) is 10.3. The highest BCUT2D eigenvalue weighted by molar-refractivity contribution is 7.13. The third-order valence-corrected chi connectivity index (χ3v) is 3.25. The number of hydrogen-bond acceptors (Lipinski definition) is 3. The maximum atomic E-state index is 8.70. The molecule has 1 aromatic carbocycles. The molecule has 0 radical (unpaired) electrons. The summed E-state index contributed by atoms with van der Waals surface area (Å²) in [7, 11) is 0. The van der Waals surface area contributed by atoms with Gasteiger partial charge in [-0.05, 0) is 47.7 Å². The number of thiophene rings is 1. The number of ether oxygens (including phenoxy) is 1. The molecule has 0 amide bonds. The molecule has 0 aliphatic carbocycles. The summed E-state index contributed by atoms with van der Waals surface area (Å²) in [4.78, 5) is 1.26. The predicted octanol–water partition coefficient (Wildman–Crippen LogP) is 3.09. The van der Waals surface area contributed by atoms with E-state index in [4.69, 9.17) is 9.84 Å². The topological polar surface area (TPSA) is 29.5 Å². The summed E-state index contributed by atoms with van der Waals surface area (Å²) in [6.07, 6.45) is 0. The van der Waals surface area contributed by atoms with Crippen molar-refractivity contribution in [3.05, 3.63) is 41.3 Å². The normalized spacial score (nSPS) is 10.4. The fourth-order valence-electron chi connectivity index (χ4n) is 1.56. The smallest absolute Gasteiger partial charge is 0.122 e. The second-order valence-electron chi connectivity index (χ2n) is 3.53. The Morgan fingerprint density at radius 3 is 2.81 bits per heavy atom. The lowest BCUT2D eigenvalue weighted by Gasteiger charge is -2.08. The number of aliphatic hydroxyl groups excluding tert-OH is 1. The number of benzene rings is 1. The molecule has 0 aliphatic heterocycles. The molecular weight excluding hydrogens is 220 g/mol. The average molecular weight is 234 g/mol. The molecule has 84 valence electrons. The molecular formula is C13H14O2S. The van der Waals surface area contributed by atoms with E-state index < -0.39 is 0 Å². The van der Waals surface area contributed by atoms with Gasteiger partial charge in [0.25, 0.3) is 0 Å². The molecule has 1 N–H and O–H groups in total.